The van der Waals surface area contributed by atoms with E-state index in [2.05, 4.69) is 20.1 Å². The van der Waals surface area contributed by atoms with Crippen molar-refractivity contribution in [2.45, 2.75) is 4.90 Å². The van der Waals surface area contributed by atoms with E-state index in [4.69, 9.17) is 4.74 Å². The second-order valence-electron chi connectivity index (χ2n) is 7.10. The Morgan fingerprint density at radius 2 is 1.44 bits per heavy atom. The van der Waals surface area contributed by atoms with Crippen LogP contribution in [0, 0.1) is 34.9 Å². The lowest BCUT2D eigenvalue weighted by Crippen LogP contribution is -2.19. The van der Waals surface area contributed by atoms with Gasteiger partial charge >= 0.3 is 10.1 Å². The first kappa shape index (κ1) is 25.6. The maximum atomic E-state index is 15.0. The molecule has 188 valence electrons. The number of methoxy groups -OCH3 is 1. The highest BCUT2D eigenvalue weighted by Gasteiger charge is 2.32. The van der Waals surface area contributed by atoms with Gasteiger partial charge in [-0.25, -0.2) is 17.6 Å². The highest BCUT2D eigenvalue weighted by molar-refractivity contribution is 9.10. The van der Waals surface area contributed by atoms with Crippen LogP contribution in [0.4, 0.5) is 26.3 Å². The average molecular weight is 594 g/mol. The first-order chi connectivity index (χ1) is 16.9. The zero-order valence-corrected chi connectivity index (χ0v) is 20.0. The van der Waals surface area contributed by atoms with Crippen LogP contribution >= 0.6 is 15.9 Å². The average Bonchev–Trinajstić information content (AvgIpc) is 2.84. The van der Waals surface area contributed by atoms with E-state index >= 15 is 4.39 Å². The molecular weight excluding hydrogens is 584 g/mol. The molecular formula is C22H10BrF6NO5S. The Morgan fingerprint density at radius 1 is 0.833 bits per heavy atom. The molecule has 0 radical (unpaired) electrons. The standard InChI is InChI=1S/C22H10BrF6NO5S/c1-34-14-7-10(23)3-4-12(14)30-13-8-11(24)15(6-9(13)2-5-16(30)31)36(32,33)35-22-20(28)18(26)17(25)19(27)21(22)29/h2-8H,1H3. The molecule has 6 nitrogen and oxygen atoms in total. The van der Waals surface area contributed by atoms with E-state index in [0.717, 1.165) is 16.7 Å². The molecule has 0 saturated carbocycles. The van der Waals surface area contributed by atoms with Gasteiger partial charge in [-0.3, -0.25) is 9.36 Å². The topological polar surface area (TPSA) is 74.6 Å². The Labute approximate surface area is 206 Å². The van der Waals surface area contributed by atoms with Crippen LogP contribution in [0.1, 0.15) is 0 Å². The van der Waals surface area contributed by atoms with Crippen molar-refractivity contribution in [3.63, 3.8) is 0 Å². The molecule has 0 spiro atoms. The molecule has 14 heteroatoms. The van der Waals surface area contributed by atoms with Crippen molar-refractivity contribution in [1.82, 2.24) is 4.57 Å². The lowest BCUT2D eigenvalue weighted by molar-refractivity contribution is 0.346. The van der Waals surface area contributed by atoms with Crippen LogP contribution in [-0.4, -0.2) is 20.1 Å². The second-order valence-corrected chi connectivity index (χ2v) is 9.53. The fourth-order valence-corrected chi connectivity index (χ4v) is 4.69. The number of benzene rings is 3. The summed E-state index contributed by atoms with van der Waals surface area (Å²) >= 11 is 3.24. The van der Waals surface area contributed by atoms with Gasteiger partial charge in [-0.1, -0.05) is 15.9 Å². The lowest BCUT2D eigenvalue weighted by Gasteiger charge is -2.15. The highest BCUT2D eigenvalue weighted by atomic mass is 79.9. The third-order valence-corrected chi connectivity index (χ3v) is 6.69. The monoisotopic (exact) mass is 593 g/mol. The molecule has 0 aliphatic carbocycles. The molecule has 36 heavy (non-hydrogen) atoms. The fraction of sp³-hybridized carbons (Fsp3) is 0.0455. The normalized spacial score (nSPS) is 11.7. The van der Waals surface area contributed by atoms with Crippen LogP contribution in [-0.2, 0) is 10.1 Å². The molecule has 0 atom stereocenters. The molecule has 0 unspecified atom stereocenters. The Bertz CT molecular complexity index is 1700. The quantitative estimate of drug-likeness (QED) is 0.135. The van der Waals surface area contributed by atoms with Gasteiger partial charge in [0.15, 0.2) is 0 Å². The molecule has 1 heterocycles. The first-order valence-electron chi connectivity index (χ1n) is 9.52. The number of hydrogen-bond donors (Lipinski definition) is 0. The number of ether oxygens (including phenoxy) is 1. The van der Waals surface area contributed by atoms with Gasteiger partial charge in [0.1, 0.15) is 16.5 Å². The van der Waals surface area contributed by atoms with Crippen LogP contribution in [0.3, 0.4) is 0 Å². The maximum Gasteiger partial charge on any atom is 0.342 e. The Hall–Kier alpha value is -3.52. The fourth-order valence-electron chi connectivity index (χ4n) is 3.33. The van der Waals surface area contributed by atoms with Crippen molar-refractivity contribution < 1.29 is 43.7 Å². The van der Waals surface area contributed by atoms with E-state index < -0.39 is 61.2 Å². The van der Waals surface area contributed by atoms with Crippen molar-refractivity contribution in [2.24, 2.45) is 0 Å². The Balaban J connectivity index is 1.91. The van der Waals surface area contributed by atoms with Gasteiger partial charge in [0.2, 0.25) is 34.8 Å². The summed E-state index contributed by atoms with van der Waals surface area (Å²) in [5.41, 5.74) is -0.601. The minimum atomic E-state index is -5.46. The van der Waals surface area contributed by atoms with Crippen molar-refractivity contribution in [1.29, 1.82) is 0 Å². The predicted molar refractivity (Wildman–Crippen MR) is 118 cm³/mol. The summed E-state index contributed by atoms with van der Waals surface area (Å²) in [4.78, 5) is 11.3. The molecule has 0 amide bonds. The maximum absolute atomic E-state index is 15.0. The summed E-state index contributed by atoms with van der Waals surface area (Å²) in [5, 5.41) is -0.0550. The zero-order chi connectivity index (χ0) is 26.5. The van der Waals surface area contributed by atoms with Gasteiger partial charge in [0, 0.05) is 22.0 Å². The van der Waals surface area contributed by atoms with Crippen LogP contribution in [0.25, 0.3) is 16.6 Å². The minimum Gasteiger partial charge on any atom is -0.495 e. The summed E-state index contributed by atoms with van der Waals surface area (Å²) < 4.78 is 119. The first-order valence-corrected chi connectivity index (χ1v) is 11.7. The van der Waals surface area contributed by atoms with Gasteiger partial charge in [-0.05, 0) is 30.3 Å². The summed E-state index contributed by atoms with van der Waals surface area (Å²) in [7, 11) is -4.14. The number of fused-ring (bicyclic) bond motifs is 1. The number of pyridine rings is 1. The van der Waals surface area contributed by atoms with Crippen LogP contribution < -0.4 is 14.5 Å². The zero-order valence-electron chi connectivity index (χ0n) is 17.6. The van der Waals surface area contributed by atoms with E-state index in [9.17, 15) is 35.2 Å². The Kier molecular flexibility index (Phi) is 6.51. The van der Waals surface area contributed by atoms with Crippen LogP contribution in [0.2, 0.25) is 0 Å². The molecule has 0 N–H and O–H groups in total. The van der Waals surface area contributed by atoms with Gasteiger partial charge in [0.25, 0.3) is 5.56 Å². The summed E-state index contributed by atoms with van der Waals surface area (Å²) in [6.45, 7) is 0. The molecule has 0 bridgehead atoms. The lowest BCUT2D eigenvalue weighted by atomic mass is 10.2. The summed E-state index contributed by atoms with van der Waals surface area (Å²) in [6, 6.07) is 8.03. The molecule has 0 aliphatic rings. The Morgan fingerprint density at radius 3 is 2.06 bits per heavy atom. The van der Waals surface area contributed by atoms with Gasteiger partial charge < -0.3 is 8.92 Å². The smallest absolute Gasteiger partial charge is 0.342 e. The van der Waals surface area contributed by atoms with Crippen molar-refractivity contribution >= 4 is 37.0 Å². The second kappa shape index (κ2) is 9.17. The van der Waals surface area contributed by atoms with Crippen LogP contribution in [0.15, 0.2) is 56.6 Å². The van der Waals surface area contributed by atoms with E-state index in [-0.39, 0.29) is 22.3 Å². The predicted octanol–water partition coefficient (Wildman–Crippen LogP) is 5.36. The number of rotatable bonds is 5. The summed E-state index contributed by atoms with van der Waals surface area (Å²) in [6.07, 6.45) is 0. The van der Waals surface area contributed by atoms with E-state index in [0.29, 0.717) is 16.6 Å². The van der Waals surface area contributed by atoms with E-state index in [1.54, 1.807) is 6.07 Å². The third-order valence-electron chi connectivity index (χ3n) is 4.96. The highest BCUT2D eigenvalue weighted by Crippen LogP contribution is 2.34. The van der Waals surface area contributed by atoms with Crippen LogP contribution in [0.5, 0.6) is 11.5 Å². The largest absolute Gasteiger partial charge is 0.495 e. The van der Waals surface area contributed by atoms with Crippen molar-refractivity contribution in [2.75, 3.05) is 7.11 Å². The number of aromatic nitrogens is 1. The van der Waals surface area contributed by atoms with E-state index in [1.165, 1.54) is 19.2 Å². The summed E-state index contributed by atoms with van der Waals surface area (Å²) in [5.74, 6) is -16.0. The SMILES string of the molecule is COc1cc(Br)ccc1-n1c(=O)ccc2cc(S(=O)(=O)Oc3c(F)c(F)c(F)c(F)c3F)c(F)cc21. The molecule has 4 rings (SSSR count). The number of hydrogen-bond acceptors (Lipinski definition) is 5. The molecule has 1 aromatic heterocycles. The van der Waals surface area contributed by atoms with E-state index in [1.807, 2.05) is 0 Å². The number of nitrogens with zero attached hydrogens (tertiary/aromatic N) is 1. The third kappa shape index (κ3) is 4.19. The molecule has 3 aromatic carbocycles. The van der Waals surface area contributed by atoms with Gasteiger partial charge in [0.05, 0.1) is 18.3 Å². The van der Waals surface area contributed by atoms with Crippen molar-refractivity contribution in [3.8, 4) is 17.2 Å². The molecule has 0 aliphatic heterocycles. The van der Waals surface area contributed by atoms with Crippen molar-refractivity contribution in [3.05, 3.63) is 92.2 Å². The minimum absolute atomic E-state index is 0.0550. The van der Waals surface area contributed by atoms with Gasteiger partial charge in [-0.15, -0.1) is 0 Å². The molecule has 4 aromatic rings. The number of halogens is 7. The van der Waals surface area contributed by atoms with Gasteiger partial charge in [-0.2, -0.15) is 17.2 Å². The molecule has 0 fully saturated rings. The molecule has 0 saturated heterocycles.